The molecule has 27 heavy (non-hydrogen) atoms. The molecule has 0 saturated heterocycles. The molecule has 2 aromatic carbocycles. The number of benzene rings is 2. The molecule has 0 aliphatic carbocycles. The van der Waals surface area contributed by atoms with Gasteiger partial charge in [-0.1, -0.05) is 18.2 Å². The van der Waals surface area contributed by atoms with E-state index in [0.29, 0.717) is 28.5 Å². The van der Waals surface area contributed by atoms with Gasteiger partial charge in [0.05, 0.1) is 25.5 Å². The molecule has 0 aliphatic rings. The molecule has 0 radical (unpaired) electrons. The van der Waals surface area contributed by atoms with Gasteiger partial charge in [-0.15, -0.1) is 0 Å². The Morgan fingerprint density at radius 2 is 1.63 bits per heavy atom. The van der Waals surface area contributed by atoms with Crippen molar-refractivity contribution in [1.29, 1.82) is 0 Å². The van der Waals surface area contributed by atoms with E-state index in [1.165, 1.54) is 19.1 Å². The number of aryl methyl sites for hydroxylation is 1. The van der Waals surface area contributed by atoms with Crippen LogP contribution in [0.5, 0.6) is 17.2 Å². The highest BCUT2D eigenvalue weighted by molar-refractivity contribution is 6.04. The maximum atomic E-state index is 12.5. The minimum absolute atomic E-state index is 0.186. The number of ether oxygens (including phenoxy) is 3. The Morgan fingerprint density at radius 3 is 2.22 bits per heavy atom. The van der Waals surface area contributed by atoms with Crippen LogP contribution in [0.3, 0.4) is 0 Å². The number of nitrogens with one attached hydrogen (secondary N) is 1. The molecule has 7 heteroatoms. The van der Waals surface area contributed by atoms with Gasteiger partial charge in [-0.05, 0) is 24.6 Å². The number of rotatable bonds is 7. The molecule has 2 amide bonds. The summed E-state index contributed by atoms with van der Waals surface area (Å²) in [6, 6.07) is 10.5. The fourth-order valence-corrected chi connectivity index (χ4v) is 2.45. The zero-order chi connectivity index (χ0) is 20.0. The molecule has 7 nitrogen and oxygen atoms in total. The van der Waals surface area contributed by atoms with Crippen LogP contribution >= 0.6 is 0 Å². The third-order valence-corrected chi connectivity index (χ3v) is 3.89. The van der Waals surface area contributed by atoms with Crippen molar-refractivity contribution in [3.63, 3.8) is 0 Å². The second kappa shape index (κ2) is 8.93. The van der Waals surface area contributed by atoms with Crippen molar-refractivity contribution in [3.8, 4) is 17.2 Å². The minimum atomic E-state index is -0.390. The Balaban J connectivity index is 2.23. The van der Waals surface area contributed by atoms with Gasteiger partial charge in [0, 0.05) is 20.2 Å². The van der Waals surface area contributed by atoms with E-state index in [9.17, 15) is 9.59 Å². The van der Waals surface area contributed by atoms with Crippen molar-refractivity contribution >= 4 is 17.5 Å². The number of methoxy groups -OCH3 is 2. The summed E-state index contributed by atoms with van der Waals surface area (Å²) >= 11 is 0. The number of carbonyl (C=O) groups excluding carboxylic acids is 2. The third kappa shape index (κ3) is 4.91. The topological polar surface area (TPSA) is 77.1 Å². The Hall–Kier alpha value is -3.22. The number of hydrogen-bond acceptors (Lipinski definition) is 5. The van der Waals surface area contributed by atoms with Gasteiger partial charge in [0.25, 0.3) is 11.8 Å². The molecule has 0 saturated carbocycles. The Morgan fingerprint density at radius 1 is 1.00 bits per heavy atom. The normalized spacial score (nSPS) is 10.1. The first-order valence-corrected chi connectivity index (χ1v) is 8.33. The lowest BCUT2D eigenvalue weighted by Gasteiger charge is -2.18. The Bertz CT molecular complexity index is 833. The van der Waals surface area contributed by atoms with Crippen molar-refractivity contribution in [2.45, 2.75) is 6.92 Å². The predicted molar refractivity (Wildman–Crippen MR) is 103 cm³/mol. The van der Waals surface area contributed by atoms with Crippen molar-refractivity contribution in [2.24, 2.45) is 0 Å². The molecule has 2 aromatic rings. The maximum absolute atomic E-state index is 12.5. The van der Waals surface area contributed by atoms with Crippen LogP contribution in [0.15, 0.2) is 36.4 Å². The average molecular weight is 372 g/mol. The molecule has 0 atom stereocenters. The molecule has 0 unspecified atom stereocenters. The molecule has 2 rings (SSSR count). The van der Waals surface area contributed by atoms with Crippen molar-refractivity contribution in [1.82, 2.24) is 4.90 Å². The van der Waals surface area contributed by atoms with Gasteiger partial charge in [0.1, 0.15) is 5.75 Å². The fourth-order valence-electron chi connectivity index (χ4n) is 2.45. The molecule has 144 valence electrons. The summed E-state index contributed by atoms with van der Waals surface area (Å²) in [5.74, 6) is 0.772. The van der Waals surface area contributed by atoms with E-state index in [1.807, 2.05) is 25.1 Å². The fraction of sp³-hybridized carbons (Fsp3) is 0.300. The van der Waals surface area contributed by atoms with Crippen molar-refractivity contribution in [2.75, 3.05) is 40.2 Å². The molecule has 0 spiro atoms. The maximum Gasteiger partial charge on any atom is 0.262 e. The van der Waals surface area contributed by atoms with E-state index in [-0.39, 0.29) is 12.5 Å². The van der Waals surface area contributed by atoms with Gasteiger partial charge in [-0.25, -0.2) is 0 Å². The average Bonchev–Trinajstić information content (AvgIpc) is 2.66. The number of para-hydroxylation sites is 1. The number of anilines is 1. The predicted octanol–water partition coefficient (Wildman–Crippen LogP) is 2.73. The summed E-state index contributed by atoms with van der Waals surface area (Å²) in [5.41, 5.74) is 1.55. The SMILES string of the molecule is COc1cc(NC(=O)COc2ccccc2C)c(C(=O)N(C)C)cc1OC. The first-order valence-electron chi connectivity index (χ1n) is 8.33. The summed E-state index contributed by atoms with van der Waals surface area (Å²) in [4.78, 5) is 26.3. The molecule has 1 N–H and O–H groups in total. The Labute approximate surface area is 158 Å². The summed E-state index contributed by atoms with van der Waals surface area (Å²) < 4.78 is 16.1. The van der Waals surface area contributed by atoms with E-state index < -0.39 is 5.91 Å². The van der Waals surface area contributed by atoms with Crippen LogP contribution in [0.2, 0.25) is 0 Å². The van der Waals surface area contributed by atoms with Gasteiger partial charge in [-0.2, -0.15) is 0 Å². The molecular formula is C20H24N2O5. The number of nitrogens with zero attached hydrogens (tertiary/aromatic N) is 1. The quantitative estimate of drug-likeness (QED) is 0.809. The van der Waals surface area contributed by atoms with Crippen LogP contribution in [-0.2, 0) is 4.79 Å². The molecule has 0 aromatic heterocycles. The highest BCUT2D eigenvalue weighted by atomic mass is 16.5. The standard InChI is InChI=1S/C20H24N2O5/c1-13-8-6-7-9-16(13)27-12-19(23)21-15-11-18(26-5)17(25-4)10-14(15)20(24)22(2)3/h6-11H,12H2,1-5H3,(H,21,23). The smallest absolute Gasteiger partial charge is 0.262 e. The van der Waals surface area contributed by atoms with E-state index >= 15 is 0 Å². The summed E-state index contributed by atoms with van der Waals surface area (Å²) in [7, 11) is 6.23. The highest BCUT2D eigenvalue weighted by Gasteiger charge is 2.20. The molecular weight excluding hydrogens is 348 g/mol. The minimum Gasteiger partial charge on any atom is -0.493 e. The summed E-state index contributed by atoms with van der Waals surface area (Å²) in [6.45, 7) is 1.71. The van der Waals surface area contributed by atoms with Gasteiger partial charge >= 0.3 is 0 Å². The lowest BCUT2D eigenvalue weighted by atomic mass is 10.1. The van der Waals surface area contributed by atoms with Crippen LogP contribution in [0, 0.1) is 6.92 Å². The first kappa shape index (κ1) is 20.1. The highest BCUT2D eigenvalue weighted by Crippen LogP contribution is 2.34. The van der Waals surface area contributed by atoms with Crippen LogP contribution in [0.1, 0.15) is 15.9 Å². The van der Waals surface area contributed by atoms with Crippen molar-refractivity contribution < 1.29 is 23.8 Å². The lowest BCUT2D eigenvalue weighted by Crippen LogP contribution is -2.26. The number of hydrogen-bond donors (Lipinski definition) is 1. The third-order valence-electron chi connectivity index (χ3n) is 3.89. The van der Waals surface area contributed by atoms with E-state index in [2.05, 4.69) is 5.32 Å². The van der Waals surface area contributed by atoms with Crippen molar-refractivity contribution in [3.05, 3.63) is 47.5 Å². The van der Waals surface area contributed by atoms with Gasteiger partial charge in [0.15, 0.2) is 18.1 Å². The Kier molecular flexibility index (Phi) is 6.65. The van der Waals surface area contributed by atoms with Crippen LogP contribution in [-0.4, -0.2) is 51.6 Å². The van der Waals surface area contributed by atoms with E-state index in [4.69, 9.17) is 14.2 Å². The van der Waals surface area contributed by atoms with Gasteiger partial charge in [-0.3, -0.25) is 9.59 Å². The van der Waals surface area contributed by atoms with E-state index in [1.54, 1.807) is 32.3 Å². The zero-order valence-corrected chi connectivity index (χ0v) is 16.2. The van der Waals surface area contributed by atoms with E-state index in [0.717, 1.165) is 5.56 Å². The molecule has 0 heterocycles. The van der Waals surface area contributed by atoms with Crippen LogP contribution in [0.4, 0.5) is 5.69 Å². The zero-order valence-electron chi connectivity index (χ0n) is 16.2. The molecule has 0 bridgehead atoms. The van der Waals surface area contributed by atoms with Gasteiger partial charge < -0.3 is 24.4 Å². The number of amides is 2. The summed E-state index contributed by atoms with van der Waals surface area (Å²) in [6.07, 6.45) is 0. The largest absolute Gasteiger partial charge is 0.493 e. The monoisotopic (exact) mass is 372 g/mol. The van der Waals surface area contributed by atoms with Crippen LogP contribution < -0.4 is 19.5 Å². The second-order valence-corrected chi connectivity index (χ2v) is 6.05. The van der Waals surface area contributed by atoms with Gasteiger partial charge in [0.2, 0.25) is 0 Å². The van der Waals surface area contributed by atoms with Crippen LogP contribution in [0.25, 0.3) is 0 Å². The first-order chi connectivity index (χ1) is 12.9. The summed E-state index contributed by atoms with van der Waals surface area (Å²) in [5, 5.41) is 2.72. The lowest BCUT2D eigenvalue weighted by molar-refractivity contribution is -0.118. The second-order valence-electron chi connectivity index (χ2n) is 6.05. The molecule has 0 fully saturated rings. The number of carbonyl (C=O) groups is 2. The molecule has 0 aliphatic heterocycles.